The predicted octanol–water partition coefficient (Wildman–Crippen LogP) is -0.0358. The first-order valence-corrected chi connectivity index (χ1v) is 8.84. The van der Waals surface area contributed by atoms with E-state index in [1.54, 1.807) is 26.2 Å². The zero-order chi connectivity index (χ0) is 7.71. The van der Waals surface area contributed by atoms with Crippen LogP contribution in [0, 0.1) is 0 Å². The molecule has 0 amide bonds. The monoisotopic (exact) mass is 165 g/mol. The first kappa shape index (κ1) is 9.31. The summed E-state index contributed by atoms with van der Waals surface area (Å²) in [5.41, 5.74) is 0. The highest BCUT2D eigenvalue weighted by molar-refractivity contribution is 6.84. The third-order valence-electron chi connectivity index (χ3n) is 0.612. The highest BCUT2D eigenvalue weighted by Crippen LogP contribution is 1.96. The van der Waals surface area contributed by atoms with Gasteiger partial charge in [-0.2, -0.15) is 0 Å². The van der Waals surface area contributed by atoms with Crippen LogP contribution in [-0.2, 0) is 0 Å². The van der Waals surface area contributed by atoms with E-state index in [2.05, 4.69) is 4.65 Å². The summed E-state index contributed by atoms with van der Waals surface area (Å²) in [5, 5.41) is 0. The van der Waals surface area contributed by atoms with Gasteiger partial charge in [-0.1, -0.05) is 0 Å². The average molecular weight is 165 g/mol. The van der Waals surface area contributed by atoms with Crippen LogP contribution in [0.15, 0.2) is 0 Å². The lowest BCUT2D eigenvalue weighted by Crippen LogP contribution is -2.59. The zero-order valence-corrected chi connectivity index (χ0v) is 8.39. The van der Waals surface area contributed by atoms with Gasteiger partial charge < -0.3 is 14.2 Å². The molecule has 0 aromatic carbocycles. The third kappa shape index (κ3) is 8.31. The Balaban J connectivity index is 3.75. The molecule has 0 fully saturated rings. The highest BCUT2D eigenvalue weighted by Gasteiger charge is 2.27. The molecule has 3 N–H and O–H groups in total. The summed E-state index contributed by atoms with van der Waals surface area (Å²) in [4.78, 5) is 18.5. The molecule has 0 spiro atoms. The number of nitrogens with one attached hydrogen (secondary N) is 1. The SMILES string of the molecule is C[Si](C)(O)N[Si](C)(C)O. The van der Waals surface area contributed by atoms with Crippen molar-refractivity contribution in [3.05, 3.63) is 0 Å². The predicted molar refractivity (Wildman–Crippen MR) is 42.5 cm³/mol. The van der Waals surface area contributed by atoms with Gasteiger partial charge in [0, 0.05) is 0 Å². The quantitative estimate of drug-likeness (QED) is 0.504. The van der Waals surface area contributed by atoms with Gasteiger partial charge >= 0.3 is 0 Å². The maximum atomic E-state index is 9.26. The Labute approximate surface area is 58.1 Å². The Morgan fingerprint density at radius 2 is 1.11 bits per heavy atom. The van der Waals surface area contributed by atoms with Gasteiger partial charge in [0.2, 0.25) is 0 Å². The van der Waals surface area contributed by atoms with Crippen LogP contribution in [0.2, 0.25) is 26.2 Å². The second kappa shape index (κ2) is 2.51. The van der Waals surface area contributed by atoms with E-state index in [1.165, 1.54) is 0 Å². The van der Waals surface area contributed by atoms with Crippen LogP contribution in [0.5, 0.6) is 0 Å². The van der Waals surface area contributed by atoms with Gasteiger partial charge in [0.25, 0.3) is 17.0 Å². The van der Waals surface area contributed by atoms with Crippen LogP contribution in [0.3, 0.4) is 0 Å². The van der Waals surface area contributed by atoms with Crippen LogP contribution >= 0.6 is 0 Å². The topological polar surface area (TPSA) is 52.5 Å². The van der Waals surface area contributed by atoms with Gasteiger partial charge in [-0.25, -0.2) is 0 Å². The molecule has 9 heavy (non-hydrogen) atoms. The molecule has 0 bridgehead atoms. The molecular weight excluding hydrogens is 150 g/mol. The largest absolute Gasteiger partial charge is 0.420 e. The van der Waals surface area contributed by atoms with E-state index in [-0.39, 0.29) is 0 Å². The van der Waals surface area contributed by atoms with Crippen molar-refractivity contribution in [2.45, 2.75) is 26.2 Å². The molecule has 0 atom stereocenters. The molecule has 0 aliphatic rings. The van der Waals surface area contributed by atoms with E-state index in [4.69, 9.17) is 0 Å². The smallest absolute Gasteiger partial charge is 0.254 e. The summed E-state index contributed by atoms with van der Waals surface area (Å²) in [6.45, 7) is 6.99. The van der Waals surface area contributed by atoms with Crippen molar-refractivity contribution >= 4 is 17.0 Å². The van der Waals surface area contributed by atoms with Gasteiger partial charge in [-0.15, -0.1) is 0 Å². The summed E-state index contributed by atoms with van der Waals surface area (Å²) >= 11 is 0. The molecule has 0 rings (SSSR count). The zero-order valence-electron chi connectivity index (χ0n) is 6.39. The minimum Gasteiger partial charge on any atom is -0.420 e. The Morgan fingerprint density at radius 1 is 0.889 bits per heavy atom. The van der Waals surface area contributed by atoms with E-state index < -0.39 is 17.0 Å². The van der Waals surface area contributed by atoms with Crippen molar-refractivity contribution in [3.8, 4) is 0 Å². The van der Waals surface area contributed by atoms with E-state index in [0.29, 0.717) is 0 Å². The second-order valence-corrected chi connectivity index (χ2v) is 10.5. The molecule has 0 saturated carbocycles. The number of hydrogen-bond acceptors (Lipinski definition) is 3. The van der Waals surface area contributed by atoms with Crippen LogP contribution in [-0.4, -0.2) is 26.5 Å². The Bertz CT molecular complexity index is 81.7. The molecule has 0 aliphatic heterocycles. The Hall–Kier alpha value is 0.314. The first-order chi connectivity index (χ1) is 3.71. The molecule has 0 radical (unpaired) electrons. The summed E-state index contributed by atoms with van der Waals surface area (Å²) in [6.07, 6.45) is 0. The van der Waals surface area contributed by atoms with Crippen molar-refractivity contribution in [2.24, 2.45) is 0 Å². The molecule has 56 valence electrons. The minimum absolute atomic E-state index is 1.75. The van der Waals surface area contributed by atoms with Crippen molar-refractivity contribution in [1.29, 1.82) is 0 Å². The van der Waals surface area contributed by atoms with Crippen molar-refractivity contribution in [2.75, 3.05) is 0 Å². The van der Waals surface area contributed by atoms with E-state index in [0.717, 1.165) is 0 Å². The molecule has 0 unspecified atom stereocenters. The van der Waals surface area contributed by atoms with Crippen LogP contribution in [0.25, 0.3) is 0 Å². The van der Waals surface area contributed by atoms with Gasteiger partial charge in [0.15, 0.2) is 0 Å². The highest BCUT2D eigenvalue weighted by atomic mass is 28.4. The summed E-state index contributed by atoms with van der Waals surface area (Å²) in [6, 6.07) is 0. The molecular formula is C4H15NO2Si2. The summed E-state index contributed by atoms with van der Waals surface area (Å²) < 4.78 is 2.85. The van der Waals surface area contributed by atoms with E-state index in [1.807, 2.05) is 0 Å². The molecule has 5 heteroatoms. The van der Waals surface area contributed by atoms with Gasteiger partial charge in [0.1, 0.15) is 0 Å². The van der Waals surface area contributed by atoms with Gasteiger partial charge in [-0.3, -0.25) is 0 Å². The van der Waals surface area contributed by atoms with Gasteiger partial charge in [-0.05, 0) is 26.2 Å². The fourth-order valence-corrected chi connectivity index (χ4v) is 6.74. The summed E-state index contributed by atoms with van der Waals surface area (Å²) in [7, 11) is -4.46. The fraction of sp³-hybridized carbons (Fsp3) is 1.00. The molecule has 3 nitrogen and oxygen atoms in total. The lowest BCUT2D eigenvalue weighted by atomic mass is 11.9. The Kier molecular flexibility index (Phi) is 2.60. The fourth-order valence-electron chi connectivity index (χ4n) is 0.749. The molecule has 0 aromatic heterocycles. The number of rotatable bonds is 2. The summed E-state index contributed by atoms with van der Waals surface area (Å²) in [5.74, 6) is 0. The molecule has 0 heterocycles. The van der Waals surface area contributed by atoms with Crippen molar-refractivity contribution < 1.29 is 9.59 Å². The van der Waals surface area contributed by atoms with E-state index >= 15 is 0 Å². The standard InChI is InChI=1S/C4H15NO2Si2/c1-8(2,6)5-9(3,4)7/h5-7H,1-4H3. The minimum atomic E-state index is -2.23. The van der Waals surface area contributed by atoms with Crippen LogP contribution in [0.1, 0.15) is 0 Å². The third-order valence-corrected chi connectivity index (χ3v) is 5.51. The second-order valence-electron chi connectivity index (χ2n) is 3.24. The number of hydrogen-bond donors (Lipinski definition) is 3. The maximum Gasteiger partial charge on any atom is 0.254 e. The van der Waals surface area contributed by atoms with Crippen LogP contribution < -0.4 is 4.65 Å². The van der Waals surface area contributed by atoms with E-state index in [9.17, 15) is 9.59 Å². The Morgan fingerprint density at radius 3 is 1.11 bits per heavy atom. The molecule has 0 aliphatic carbocycles. The lowest BCUT2D eigenvalue weighted by molar-refractivity contribution is 0.507. The average Bonchev–Trinajstić information content (AvgIpc) is 1.14. The maximum absolute atomic E-state index is 9.26. The molecule has 0 aromatic rings. The first-order valence-electron chi connectivity index (χ1n) is 2.95. The molecule has 0 saturated heterocycles. The van der Waals surface area contributed by atoms with Gasteiger partial charge in [0.05, 0.1) is 0 Å². The van der Waals surface area contributed by atoms with Crippen molar-refractivity contribution in [1.82, 2.24) is 4.65 Å². The van der Waals surface area contributed by atoms with Crippen LogP contribution in [0.4, 0.5) is 0 Å². The lowest BCUT2D eigenvalue weighted by Gasteiger charge is -2.24. The normalized spacial score (nSPS) is 14.0. The van der Waals surface area contributed by atoms with Crippen molar-refractivity contribution in [3.63, 3.8) is 0 Å².